The van der Waals surface area contributed by atoms with Crippen molar-refractivity contribution in [2.75, 3.05) is 12.4 Å². The first-order valence-electron chi connectivity index (χ1n) is 6.14. The molecular weight excluding hydrogens is 242 g/mol. The van der Waals surface area contributed by atoms with Crippen molar-refractivity contribution in [1.29, 1.82) is 0 Å². The number of anilines is 1. The number of carbonyl (C=O) groups is 1. The first-order chi connectivity index (χ1) is 9.11. The van der Waals surface area contributed by atoms with E-state index in [1.165, 1.54) is 0 Å². The van der Waals surface area contributed by atoms with Crippen LogP contribution < -0.4 is 10.1 Å². The highest BCUT2D eigenvalue weighted by Gasteiger charge is 2.12. The van der Waals surface area contributed by atoms with Gasteiger partial charge in [-0.1, -0.05) is 13.8 Å². The molecule has 0 radical (unpaired) electrons. The quantitative estimate of drug-likeness (QED) is 0.913. The SMILES string of the molecule is COc1cc(-c2ccco2)ccc1NC(=O)C(C)C. The van der Waals surface area contributed by atoms with Crippen molar-refractivity contribution >= 4 is 11.6 Å². The number of hydrogen-bond acceptors (Lipinski definition) is 3. The number of ether oxygens (including phenoxy) is 1. The Kier molecular flexibility index (Phi) is 3.90. The van der Waals surface area contributed by atoms with Gasteiger partial charge in [0.25, 0.3) is 0 Å². The van der Waals surface area contributed by atoms with Gasteiger partial charge in [0, 0.05) is 11.5 Å². The van der Waals surface area contributed by atoms with Gasteiger partial charge in [-0.05, 0) is 30.3 Å². The van der Waals surface area contributed by atoms with E-state index >= 15 is 0 Å². The van der Waals surface area contributed by atoms with E-state index < -0.39 is 0 Å². The molecule has 0 spiro atoms. The molecule has 1 aromatic carbocycles. The van der Waals surface area contributed by atoms with Crippen molar-refractivity contribution in [1.82, 2.24) is 0 Å². The zero-order chi connectivity index (χ0) is 13.8. The first-order valence-corrected chi connectivity index (χ1v) is 6.14. The Hall–Kier alpha value is -2.23. The normalized spacial score (nSPS) is 10.5. The summed E-state index contributed by atoms with van der Waals surface area (Å²) in [5.41, 5.74) is 1.57. The summed E-state index contributed by atoms with van der Waals surface area (Å²) in [6.45, 7) is 3.69. The van der Waals surface area contributed by atoms with Crippen LogP contribution in [0, 0.1) is 5.92 Å². The fourth-order valence-electron chi connectivity index (χ4n) is 1.67. The summed E-state index contributed by atoms with van der Waals surface area (Å²) in [7, 11) is 1.58. The van der Waals surface area contributed by atoms with Crippen molar-refractivity contribution in [2.45, 2.75) is 13.8 Å². The zero-order valence-electron chi connectivity index (χ0n) is 11.3. The lowest BCUT2D eigenvalue weighted by atomic mass is 10.1. The maximum atomic E-state index is 11.7. The zero-order valence-corrected chi connectivity index (χ0v) is 11.3. The van der Waals surface area contributed by atoms with E-state index in [1.54, 1.807) is 13.4 Å². The summed E-state index contributed by atoms with van der Waals surface area (Å²) < 4.78 is 10.6. The number of carbonyl (C=O) groups excluding carboxylic acids is 1. The van der Waals surface area contributed by atoms with Crippen molar-refractivity contribution in [2.24, 2.45) is 5.92 Å². The number of rotatable bonds is 4. The minimum Gasteiger partial charge on any atom is -0.495 e. The number of furan rings is 1. The average molecular weight is 259 g/mol. The van der Waals surface area contributed by atoms with Crippen LogP contribution in [0.25, 0.3) is 11.3 Å². The minimum absolute atomic E-state index is 0.0379. The van der Waals surface area contributed by atoms with Gasteiger partial charge in [-0.3, -0.25) is 4.79 Å². The monoisotopic (exact) mass is 259 g/mol. The molecule has 0 saturated carbocycles. The topological polar surface area (TPSA) is 51.5 Å². The van der Waals surface area contributed by atoms with Crippen LogP contribution in [0.5, 0.6) is 5.75 Å². The molecule has 0 aliphatic carbocycles. The van der Waals surface area contributed by atoms with E-state index in [-0.39, 0.29) is 11.8 Å². The summed E-state index contributed by atoms with van der Waals surface area (Å²) in [6, 6.07) is 9.25. The van der Waals surface area contributed by atoms with E-state index in [0.29, 0.717) is 11.4 Å². The number of benzene rings is 1. The van der Waals surface area contributed by atoms with Crippen LogP contribution in [0.4, 0.5) is 5.69 Å². The molecule has 0 atom stereocenters. The molecule has 1 amide bonds. The van der Waals surface area contributed by atoms with Crippen LogP contribution in [-0.4, -0.2) is 13.0 Å². The number of methoxy groups -OCH3 is 1. The van der Waals surface area contributed by atoms with Crippen LogP contribution in [0.2, 0.25) is 0 Å². The minimum atomic E-state index is -0.0746. The van der Waals surface area contributed by atoms with E-state index in [4.69, 9.17) is 9.15 Å². The van der Waals surface area contributed by atoms with Gasteiger partial charge >= 0.3 is 0 Å². The van der Waals surface area contributed by atoms with Gasteiger partial charge in [-0.15, -0.1) is 0 Å². The van der Waals surface area contributed by atoms with Crippen LogP contribution in [0.1, 0.15) is 13.8 Å². The smallest absolute Gasteiger partial charge is 0.227 e. The van der Waals surface area contributed by atoms with Crippen molar-refractivity contribution in [3.63, 3.8) is 0 Å². The fourth-order valence-corrected chi connectivity index (χ4v) is 1.67. The molecule has 4 nitrogen and oxygen atoms in total. The van der Waals surface area contributed by atoms with E-state index in [0.717, 1.165) is 11.3 Å². The van der Waals surface area contributed by atoms with Gasteiger partial charge in [0.15, 0.2) is 0 Å². The molecule has 1 aromatic heterocycles. The predicted octanol–water partition coefficient (Wildman–Crippen LogP) is 3.55. The van der Waals surface area contributed by atoms with Crippen LogP contribution in [0.15, 0.2) is 41.0 Å². The lowest BCUT2D eigenvalue weighted by molar-refractivity contribution is -0.118. The summed E-state index contributed by atoms with van der Waals surface area (Å²) in [5, 5.41) is 2.84. The van der Waals surface area contributed by atoms with Crippen LogP contribution in [-0.2, 0) is 4.79 Å². The number of nitrogens with one attached hydrogen (secondary N) is 1. The van der Waals surface area contributed by atoms with E-state index in [9.17, 15) is 4.79 Å². The summed E-state index contributed by atoms with van der Waals surface area (Å²) >= 11 is 0. The van der Waals surface area contributed by atoms with Gasteiger partial charge in [0.1, 0.15) is 11.5 Å². The molecule has 100 valence electrons. The lowest BCUT2D eigenvalue weighted by Gasteiger charge is -2.12. The Morgan fingerprint density at radius 3 is 2.68 bits per heavy atom. The Labute approximate surface area is 112 Å². The molecule has 19 heavy (non-hydrogen) atoms. The molecule has 0 unspecified atom stereocenters. The summed E-state index contributed by atoms with van der Waals surface area (Å²) in [4.78, 5) is 11.7. The lowest BCUT2D eigenvalue weighted by Crippen LogP contribution is -2.18. The predicted molar refractivity (Wildman–Crippen MR) is 74.2 cm³/mol. The largest absolute Gasteiger partial charge is 0.495 e. The van der Waals surface area contributed by atoms with Crippen LogP contribution >= 0.6 is 0 Å². The van der Waals surface area contributed by atoms with Crippen molar-refractivity contribution < 1.29 is 13.9 Å². The Morgan fingerprint density at radius 1 is 1.32 bits per heavy atom. The highest BCUT2D eigenvalue weighted by molar-refractivity contribution is 5.93. The standard InChI is InChI=1S/C15H17NO3/c1-10(2)15(17)16-12-7-6-11(9-14(12)18-3)13-5-4-8-19-13/h4-10H,1-3H3,(H,16,17). The van der Waals surface area contributed by atoms with Gasteiger partial charge in [-0.2, -0.15) is 0 Å². The molecule has 4 heteroatoms. The average Bonchev–Trinajstić information content (AvgIpc) is 2.93. The third-order valence-corrected chi connectivity index (χ3v) is 2.79. The molecule has 0 bridgehead atoms. The number of amides is 1. The molecule has 0 saturated heterocycles. The van der Waals surface area contributed by atoms with Gasteiger partial charge < -0.3 is 14.5 Å². The molecule has 0 aliphatic heterocycles. The molecule has 1 heterocycles. The van der Waals surface area contributed by atoms with Gasteiger partial charge in [0.2, 0.25) is 5.91 Å². The molecule has 0 fully saturated rings. The highest BCUT2D eigenvalue weighted by Crippen LogP contribution is 2.31. The molecule has 0 aliphatic rings. The van der Waals surface area contributed by atoms with Crippen molar-refractivity contribution in [3.05, 3.63) is 36.6 Å². The summed E-state index contributed by atoms with van der Waals surface area (Å²) in [6.07, 6.45) is 1.62. The molecule has 1 N–H and O–H groups in total. The third-order valence-electron chi connectivity index (χ3n) is 2.79. The molecule has 2 aromatic rings. The highest BCUT2D eigenvalue weighted by atomic mass is 16.5. The third kappa shape index (κ3) is 2.96. The number of hydrogen-bond donors (Lipinski definition) is 1. The maximum Gasteiger partial charge on any atom is 0.227 e. The fraction of sp³-hybridized carbons (Fsp3) is 0.267. The van der Waals surface area contributed by atoms with Crippen molar-refractivity contribution in [3.8, 4) is 17.1 Å². The Bertz CT molecular complexity index is 559. The molecular formula is C15H17NO3. The van der Waals surface area contributed by atoms with Crippen LogP contribution in [0.3, 0.4) is 0 Å². The first kappa shape index (κ1) is 13.2. The second-order valence-corrected chi connectivity index (χ2v) is 4.54. The Morgan fingerprint density at radius 2 is 2.11 bits per heavy atom. The van der Waals surface area contributed by atoms with E-state index in [1.807, 2.05) is 44.2 Å². The molecule has 2 rings (SSSR count). The maximum absolute atomic E-state index is 11.7. The second-order valence-electron chi connectivity index (χ2n) is 4.54. The van der Waals surface area contributed by atoms with Gasteiger partial charge in [0.05, 0.1) is 19.1 Å². The Balaban J connectivity index is 2.29. The summed E-state index contributed by atoms with van der Waals surface area (Å²) in [5.74, 6) is 1.27. The second kappa shape index (κ2) is 5.61. The van der Waals surface area contributed by atoms with Gasteiger partial charge in [-0.25, -0.2) is 0 Å². The van der Waals surface area contributed by atoms with E-state index in [2.05, 4.69) is 5.32 Å².